The van der Waals surface area contributed by atoms with Crippen LogP contribution in [0.25, 0.3) is 0 Å². The zero-order valence-corrected chi connectivity index (χ0v) is 17.5. The molecule has 1 saturated heterocycles. The maximum absolute atomic E-state index is 11.4. The second kappa shape index (κ2) is 10.5. The molecule has 3 aromatic rings. The normalized spacial score (nSPS) is 14.3. The fourth-order valence-corrected chi connectivity index (χ4v) is 3.17. The van der Waals surface area contributed by atoms with Crippen molar-refractivity contribution in [1.29, 1.82) is 0 Å². The van der Waals surface area contributed by atoms with Crippen LogP contribution in [0.5, 0.6) is 0 Å². The third-order valence-electron chi connectivity index (χ3n) is 4.97. The van der Waals surface area contributed by atoms with Gasteiger partial charge in [-0.1, -0.05) is 0 Å². The predicted molar refractivity (Wildman–Crippen MR) is 122 cm³/mol. The number of ether oxygens (including phenoxy) is 1. The summed E-state index contributed by atoms with van der Waals surface area (Å²) in [6.07, 6.45) is 0. The summed E-state index contributed by atoms with van der Waals surface area (Å²) in [6.45, 7) is 2.81. The Morgan fingerprint density at radius 3 is 1.56 bits per heavy atom. The van der Waals surface area contributed by atoms with Crippen molar-refractivity contribution in [3.8, 4) is 0 Å². The van der Waals surface area contributed by atoms with Crippen molar-refractivity contribution >= 4 is 34.2 Å². The summed E-state index contributed by atoms with van der Waals surface area (Å²) in [5, 5.41) is 25.8. The van der Waals surface area contributed by atoms with Crippen molar-refractivity contribution in [2.45, 2.75) is 0 Å². The highest BCUT2D eigenvalue weighted by atomic mass is 16.5. The summed E-state index contributed by atoms with van der Waals surface area (Å²) >= 11 is 0. The number of carbonyl (C=O) groups is 1. The molecule has 1 fully saturated rings. The molecule has 0 unspecified atom stereocenters. The SMILES string of the molecule is O=C(CO)c1ccc(N=Nc2ccc(N=Nc3ccc(N4CCOCC4)cc3)cc2)cc1. The van der Waals surface area contributed by atoms with E-state index in [4.69, 9.17) is 9.84 Å². The molecule has 1 N–H and O–H groups in total. The Balaban J connectivity index is 1.34. The van der Waals surface area contributed by atoms with Crippen LogP contribution >= 0.6 is 0 Å². The number of azo groups is 2. The second-order valence-corrected chi connectivity index (χ2v) is 7.16. The lowest BCUT2D eigenvalue weighted by Crippen LogP contribution is -2.36. The number of nitrogens with zero attached hydrogens (tertiary/aromatic N) is 5. The monoisotopic (exact) mass is 429 g/mol. The van der Waals surface area contributed by atoms with Gasteiger partial charge in [0.05, 0.1) is 36.0 Å². The molecule has 1 heterocycles. The molecule has 0 aromatic heterocycles. The molecular formula is C24H23N5O3. The van der Waals surface area contributed by atoms with E-state index in [9.17, 15) is 4.79 Å². The van der Waals surface area contributed by atoms with Crippen molar-refractivity contribution in [3.63, 3.8) is 0 Å². The maximum Gasteiger partial charge on any atom is 0.188 e. The van der Waals surface area contributed by atoms with Crippen LogP contribution in [0.3, 0.4) is 0 Å². The number of hydrogen-bond acceptors (Lipinski definition) is 8. The summed E-state index contributed by atoms with van der Waals surface area (Å²) in [6, 6.07) is 21.9. The number of aliphatic hydroxyl groups is 1. The van der Waals surface area contributed by atoms with Gasteiger partial charge in [0.15, 0.2) is 5.78 Å². The average molecular weight is 429 g/mol. The summed E-state index contributed by atoms with van der Waals surface area (Å²) in [4.78, 5) is 13.7. The van der Waals surface area contributed by atoms with Gasteiger partial charge in [-0.3, -0.25) is 4.79 Å². The van der Waals surface area contributed by atoms with Crippen molar-refractivity contribution in [3.05, 3.63) is 78.4 Å². The molecule has 162 valence electrons. The fraction of sp³-hybridized carbons (Fsp3) is 0.208. The zero-order chi connectivity index (χ0) is 22.2. The minimum Gasteiger partial charge on any atom is -0.388 e. The number of rotatable bonds is 7. The van der Waals surface area contributed by atoms with Gasteiger partial charge in [-0.05, 0) is 72.8 Å². The Bertz CT molecular complexity index is 1090. The first-order valence-corrected chi connectivity index (χ1v) is 10.3. The molecule has 0 radical (unpaired) electrons. The first-order chi connectivity index (χ1) is 15.7. The van der Waals surface area contributed by atoms with Crippen LogP contribution in [0.2, 0.25) is 0 Å². The average Bonchev–Trinajstić information content (AvgIpc) is 2.87. The topological polar surface area (TPSA) is 99.2 Å². The number of carbonyl (C=O) groups excluding carboxylic acids is 1. The molecular weight excluding hydrogens is 406 g/mol. The number of benzene rings is 3. The van der Waals surface area contributed by atoms with Crippen molar-refractivity contribution < 1.29 is 14.6 Å². The second-order valence-electron chi connectivity index (χ2n) is 7.16. The molecule has 0 aliphatic carbocycles. The van der Waals surface area contributed by atoms with E-state index in [1.54, 1.807) is 24.3 Å². The number of anilines is 1. The fourth-order valence-electron chi connectivity index (χ4n) is 3.17. The lowest BCUT2D eigenvalue weighted by molar-refractivity contribution is 0.0904. The van der Waals surface area contributed by atoms with Gasteiger partial charge in [0, 0.05) is 24.3 Å². The van der Waals surface area contributed by atoms with Gasteiger partial charge in [-0.25, -0.2) is 0 Å². The number of morpholine rings is 1. The Hall–Kier alpha value is -3.75. The van der Waals surface area contributed by atoms with E-state index in [1.165, 1.54) is 0 Å². The molecule has 8 heteroatoms. The van der Waals surface area contributed by atoms with Crippen LogP contribution in [-0.4, -0.2) is 43.8 Å². The lowest BCUT2D eigenvalue weighted by Gasteiger charge is -2.28. The van der Waals surface area contributed by atoms with E-state index in [1.807, 2.05) is 36.4 Å². The molecule has 1 aliphatic rings. The number of aliphatic hydroxyl groups excluding tert-OH is 1. The molecule has 0 atom stereocenters. The van der Waals surface area contributed by atoms with Gasteiger partial charge in [0.2, 0.25) is 0 Å². The third-order valence-corrected chi connectivity index (χ3v) is 4.97. The van der Waals surface area contributed by atoms with Crippen molar-refractivity contribution in [2.75, 3.05) is 37.8 Å². The Morgan fingerprint density at radius 1 is 0.719 bits per heavy atom. The highest BCUT2D eigenvalue weighted by Crippen LogP contribution is 2.25. The van der Waals surface area contributed by atoms with Gasteiger partial charge in [-0.2, -0.15) is 20.5 Å². The molecule has 1 aliphatic heterocycles. The third kappa shape index (κ3) is 5.69. The van der Waals surface area contributed by atoms with Crippen LogP contribution in [0.15, 0.2) is 93.3 Å². The van der Waals surface area contributed by atoms with Crippen LogP contribution < -0.4 is 4.90 Å². The number of Topliss-reactive ketones (excluding diaryl/α,β-unsaturated/α-hetero) is 1. The van der Waals surface area contributed by atoms with Crippen LogP contribution in [0.4, 0.5) is 28.4 Å². The highest BCUT2D eigenvalue weighted by molar-refractivity contribution is 5.97. The molecule has 0 amide bonds. The Kier molecular flexibility index (Phi) is 7.06. The van der Waals surface area contributed by atoms with Crippen LogP contribution in [0, 0.1) is 0 Å². The Morgan fingerprint density at radius 2 is 1.12 bits per heavy atom. The van der Waals surface area contributed by atoms with Gasteiger partial charge >= 0.3 is 0 Å². The van der Waals surface area contributed by atoms with Gasteiger partial charge < -0.3 is 14.7 Å². The van der Waals surface area contributed by atoms with E-state index < -0.39 is 6.61 Å². The highest BCUT2D eigenvalue weighted by Gasteiger charge is 2.10. The molecule has 8 nitrogen and oxygen atoms in total. The minimum absolute atomic E-state index is 0.328. The molecule has 0 bridgehead atoms. The molecule has 0 saturated carbocycles. The number of ketones is 1. The molecule has 32 heavy (non-hydrogen) atoms. The molecule has 0 spiro atoms. The van der Waals surface area contributed by atoms with Crippen molar-refractivity contribution in [1.82, 2.24) is 0 Å². The van der Waals surface area contributed by atoms with Gasteiger partial charge in [-0.15, -0.1) is 0 Å². The van der Waals surface area contributed by atoms with Crippen molar-refractivity contribution in [2.24, 2.45) is 20.5 Å². The largest absolute Gasteiger partial charge is 0.388 e. The molecule has 3 aromatic carbocycles. The minimum atomic E-state index is -0.510. The van der Waals surface area contributed by atoms with Crippen LogP contribution in [-0.2, 0) is 4.74 Å². The summed E-state index contributed by atoms with van der Waals surface area (Å²) in [7, 11) is 0. The van der Waals surface area contributed by atoms with E-state index >= 15 is 0 Å². The standard InChI is InChI=1S/C24H23N5O3/c30-17-24(31)18-1-3-19(4-2-18)25-26-20-5-7-21(8-6-20)27-28-22-9-11-23(12-10-22)29-13-15-32-16-14-29/h1-12,30H,13-17H2. The van der Waals surface area contributed by atoms with Gasteiger partial charge in [0.1, 0.15) is 6.61 Å². The van der Waals surface area contributed by atoms with Gasteiger partial charge in [0.25, 0.3) is 0 Å². The lowest BCUT2D eigenvalue weighted by atomic mass is 10.1. The molecule has 4 rings (SSSR count). The smallest absolute Gasteiger partial charge is 0.188 e. The summed E-state index contributed by atoms with van der Waals surface area (Å²) in [5.74, 6) is -0.328. The quantitative estimate of drug-likeness (QED) is 0.394. The summed E-state index contributed by atoms with van der Waals surface area (Å²) < 4.78 is 5.39. The summed E-state index contributed by atoms with van der Waals surface area (Å²) in [5.41, 5.74) is 4.40. The zero-order valence-electron chi connectivity index (χ0n) is 17.5. The van der Waals surface area contributed by atoms with E-state index in [0.717, 1.165) is 37.7 Å². The predicted octanol–water partition coefficient (Wildman–Crippen LogP) is 5.53. The maximum atomic E-state index is 11.4. The van der Waals surface area contributed by atoms with E-state index in [0.29, 0.717) is 22.6 Å². The van der Waals surface area contributed by atoms with Crippen LogP contribution in [0.1, 0.15) is 10.4 Å². The number of hydrogen-bond donors (Lipinski definition) is 1. The van der Waals surface area contributed by atoms with E-state index in [-0.39, 0.29) is 5.78 Å². The Labute approximate surface area is 185 Å². The first kappa shape index (κ1) is 21.5. The van der Waals surface area contributed by atoms with E-state index in [2.05, 4.69) is 37.5 Å². The first-order valence-electron chi connectivity index (χ1n) is 10.3.